The van der Waals surface area contributed by atoms with E-state index in [0.717, 1.165) is 38.5 Å². The van der Waals surface area contributed by atoms with E-state index in [1.165, 1.54) is 0 Å². The Balaban J connectivity index is -0.000000112. The zero-order valence-corrected chi connectivity index (χ0v) is 24.1. The molecule has 14 heteroatoms. The Bertz CT molecular complexity index is 399. The van der Waals surface area contributed by atoms with Gasteiger partial charge in [-0.05, 0) is 19.3 Å². The molecule has 0 saturated carbocycles. The second-order valence-corrected chi connectivity index (χ2v) is 11.2. The molecular formula is C20H35F9GeO3Zr-. The molecule has 0 aliphatic carbocycles. The molecule has 1 aromatic carbocycles. The van der Waals surface area contributed by atoms with Crippen LogP contribution in [0.3, 0.4) is 0 Å². The van der Waals surface area contributed by atoms with Gasteiger partial charge in [0.25, 0.3) is 0 Å². The summed E-state index contributed by atoms with van der Waals surface area (Å²) in [4.78, 5) is 0. The maximum atomic E-state index is 11.3. The molecule has 0 aliphatic heterocycles. The number of rotatable bonds is 6. The van der Waals surface area contributed by atoms with Crippen molar-refractivity contribution in [2.75, 3.05) is 19.8 Å². The van der Waals surface area contributed by atoms with Gasteiger partial charge in [0.2, 0.25) is 0 Å². The Kier molecular flexibility index (Phi) is 35.8. The molecule has 0 heterocycles. The molecule has 3 N–H and O–H groups in total. The van der Waals surface area contributed by atoms with Gasteiger partial charge in [-0.3, -0.25) is 0 Å². The van der Waals surface area contributed by atoms with Crippen LogP contribution in [0.15, 0.2) is 30.3 Å². The van der Waals surface area contributed by atoms with Crippen molar-refractivity contribution in [3.05, 3.63) is 30.3 Å². The molecule has 34 heavy (non-hydrogen) atoms. The molecule has 0 aromatic heterocycles. The molecule has 1 rings (SSSR count). The molecule has 0 spiro atoms. The van der Waals surface area contributed by atoms with Crippen molar-refractivity contribution in [3.63, 3.8) is 0 Å². The molecule has 0 fully saturated rings. The van der Waals surface area contributed by atoms with Gasteiger partial charge in [-0.2, -0.15) is 18.2 Å². The summed E-state index contributed by atoms with van der Waals surface area (Å²) in [5, 5.41) is 5.60. The van der Waals surface area contributed by atoms with Gasteiger partial charge < -0.3 is 15.3 Å². The van der Waals surface area contributed by atoms with E-state index in [1.807, 2.05) is 30.3 Å². The van der Waals surface area contributed by atoms with Crippen molar-refractivity contribution in [3.8, 4) is 0 Å². The SMILES string of the molecule is CCCCO.CCCCO.CCCCO.F[C](F)(F)[Ge]([C](F)(F)F)[C](F)(F)F.[Zr].c1cc[cH-]c1. The van der Waals surface area contributed by atoms with Crippen LogP contribution < -0.4 is 0 Å². The van der Waals surface area contributed by atoms with Crippen molar-refractivity contribution in [1.29, 1.82) is 0 Å². The van der Waals surface area contributed by atoms with Gasteiger partial charge in [0.1, 0.15) is 0 Å². The molecule has 3 nitrogen and oxygen atoms in total. The Morgan fingerprint density at radius 1 is 0.588 bits per heavy atom. The van der Waals surface area contributed by atoms with Gasteiger partial charge in [0, 0.05) is 46.0 Å². The fourth-order valence-corrected chi connectivity index (χ4v) is 3.30. The van der Waals surface area contributed by atoms with E-state index in [9.17, 15) is 39.5 Å². The standard InChI is InChI=1S/C5H5.3C4H10O.C3F9Ge.Zr/c1-2-4-5-3-1;3*1-2-3-4-5;4-1(5,6)13(2(7,8)9)3(10,11)12;/h1-5H;3*5H,2-4H2,1H3;;/q-1;;;;;. The van der Waals surface area contributed by atoms with Crippen LogP contribution >= 0.6 is 0 Å². The van der Waals surface area contributed by atoms with Crippen LogP contribution in [0.4, 0.5) is 39.5 Å². The minimum Gasteiger partial charge on any atom is -0.214 e. The third-order valence-corrected chi connectivity index (χ3v) is 6.51. The molecule has 1 radical (unpaired) electrons. The van der Waals surface area contributed by atoms with Crippen LogP contribution in [0.2, 0.25) is 0 Å². The van der Waals surface area contributed by atoms with E-state index >= 15 is 0 Å². The fraction of sp³-hybridized carbons (Fsp3) is 0.750. The molecule has 205 valence electrons. The normalized spacial score (nSPS) is 10.7. The van der Waals surface area contributed by atoms with Crippen molar-refractivity contribution >= 4 is 14.3 Å². The molecule has 0 bridgehead atoms. The zero-order valence-electron chi connectivity index (χ0n) is 19.5. The van der Waals surface area contributed by atoms with Gasteiger partial charge >= 0.3 is 68.9 Å². The summed E-state index contributed by atoms with van der Waals surface area (Å²) in [6, 6.07) is 10.0. The van der Waals surface area contributed by atoms with Crippen LogP contribution in [0.25, 0.3) is 0 Å². The second-order valence-electron chi connectivity index (χ2n) is 6.06. The van der Waals surface area contributed by atoms with Crippen molar-refractivity contribution in [2.45, 2.75) is 74.3 Å². The molecule has 0 aliphatic rings. The van der Waals surface area contributed by atoms with Crippen molar-refractivity contribution in [1.82, 2.24) is 0 Å². The van der Waals surface area contributed by atoms with Gasteiger partial charge in [-0.25, -0.2) is 12.1 Å². The van der Waals surface area contributed by atoms with Gasteiger partial charge in [0.15, 0.2) is 0 Å². The summed E-state index contributed by atoms with van der Waals surface area (Å²) in [6.45, 7) is 7.19. The van der Waals surface area contributed by atoms with Gasteiger partial charge in [-0.15, -0.1) is 0 Å². The van der Waals surface area contributed by atoms with E-state index in [2.05, 4.69) is 20.8 Å². The topological polar surface area (TPSA) is 60.7 Å². The average Bonchev–Trinajstić information content (AvgIpc) is 3.21. The first-order valence-electron chi connectivity index (χ1n) is 10.2. The summed E-state index contributed by atoms with van der Waals surface area (Å²) >= 11 is -7.10. The largest absolute Gasteiger partial charge is 0.214 e. The number of unbranched alkanes of at least 4 members (excludes halogenated alkanes) is 3. The number of alkyl halides is 9. The number of halogens is 9. The van der Waals surface area contributed by atoms with Crippen LogP contribution in [0.1, 0.15) is 59.3 Å². The minimum absolute atomic E-state index is 0. The van der Waals surface area contributed by atoms with Crippen molar-refractivity contribution < 1.29 is 81.0 Å². The second kappa shape index (κ2) is 27.6. The quantitative estimate of drug-likeness (QED) is 0.185. The van der Waals surface area contributed by atoms with E-state index in [-0.39, 0.29) is 26.2 Å². The van der Waals surface area contributed by atoms with E-state index in [1.54, 1.807) is 0 Å². The summed E-state index contributed by atoms with van der Waals surface area (Å²) in [5.74, 6) is 0. The summed E-state index contributed by atoms with van der Waals surface area (Å²) in [6.07, 6.45) is 6.11. The van der Waals surface area contributed by atoms with Crippen LogP contribution in [-0.2, 0) is 26.2 Å². The first-order chi connectivity index (χ1) is 15.1. The van der Waals surface area contributed by atoms with E-state index in [4.69, 9.17) is 15.3 Å². The first-order valence-corrected chi connectivity index (χ1v) is 13.3. The Hall–Kier alpha value is 0.0260. The molecule has 0 saturated heterocycles. The fourth-order valence-electron chi connectivity index (χ4n) is 1.28. The maximum absolute atomic E-state index is 11.3. The number of aliphatic hydroxyl groups is 3. The molecular weight excluding hydrogens is 623 g/mol. The Morgan fingerprint density at radius 3 is 0.853 bits per heavy atom. The number of hydrogen-bond donors (Lipinski definition) is 3. The van der Waals surface area contributed by atoms with Gasteiger partial charge in [0.05, 0.1) is 0 Å². The molecule has 0 unspecified atom stereocenters. The monoisotopic (exact) mass is 658 g/mol. The summed E-state index contributed by atoms with van der Waals surface area (Å²) < 4.78 is 102. The van der Waals surface area contributed by atoms with Crippen LogP contribution in [-0.4, -0.2) is 64.5 Å². The predicted molar refractivity (Wildman–Crippen MR) is 112 cm³/mol. The smallest absolute Gasteiger partial charge is 0 e. The summed E-state index contributed by atoms with van der Waals surface area (Å²) in [7, 11) is 0. The van der Waals surface area contributed by atoms with Crippen molar-refractivity contribution in [2.24, 2.45) is 0 Å². The first kappa shape index (κ1) is 44.1. The minimum atomic E-state index is -7.10. The molecule has 0 atom stereocenters. The van der Waals surface area contributed by atoms with Crippen LogP contribution in [0.5, 0.6) is 0 Å². The van der Waals surface area contributed by atoms with Gasteiger partial charge in [-0.1, -0.05) is 40.0 Å². The third kappa shape index (κ3) is 36.6. The number of hydrogen-bond acceptors (Lipinski definition) is 3. The molecule has 0 amide bonds. The summed E-state index contributed by atoms with van der Waals surface area (Å²) in [5.41, 5.74) is 0. The average molecular weight is 658 g/mol. The Labute approximate surface area is 219 Å². The number of aliphatic hydroxyl groups excluding tert-OH is 3. The van der Waals surface area contributed by atoms with Crippen LogP contribution in [0, 0.1) is 0 Å². The zero-order chi connectivity index (χ0) is 27.0. The van der Waals surface area contributed by atoms with E-state index < -0.39 is 29.4 Å². The predicted octanol–water partition coefficient (Wildman–Crippen LogP) is 6.53. The molecule has 1 aromatic rings. The maximum Gasteiger partial charge on any atom is 0 e. The Morgan fingerprint density at radius 2 is 0.824 bits per heavy atom. The third-order valence-electron chi connectivity index (χ3n) is 2.94. The van der Waals surface area contributed by atoms with E-state index in [0.29, 0.717) is 19.8 Å².